The first kappa shape index (κ1) is 21.4. The maximum absolute atomic E-state index is 12.9. The van der Waals surface area contributed by atoms with Crippen LogP contribution in [0.4, 0.5) is 0 Å². The SMILES string of the molecule is O=C(c1ccsc1)N1CCOc2ccc(C(O)C(c3ccccc3)c3ccccc3)cc2C1. The van der Waals surface area contributed by atoms with Crippen LogP contribution in [0.1, 0.15) is 44.6 Å². The number of hydrogen-bond acceptors (Lipinski definition) is 4. The van der Waals surface area contributed by atoms with Crippen molar-refractivity contribution in [1.82, 2.24) is 4.90 Å². The van der Waals surface area contributed by atoms with Crippen LogP contribution in [0.15, 0.2) is 95.7 Å². The topological polar surface area (TPSA) is 49.8 Å². The van der Waals surface area contributed by atoms with Crippen molar-refractivity contribution >= 4 is 17.2 Å². The van der Waals surface area contributed by atoms with E-state index in [2.05, 4.69) is 24.3 Å². The van der Waals surface area contributed by atoms with Crippen LogP contribution >= 0.6 is 11.3 Å². The van der Waals surface area contributed by atoms with E-state index in [4.69, 9.17) is 4.74 Å². The highest BCUT2D eigenvalue weighted by molar-refractivity contribution is 7.08. The van der Waals surface area contributed by atoms with E-state index in [-0.39, 0.29) is 11.8 Å². The van der Waals surface area contributed by atoms with Crippen LogP contribution in [-0.4, -0.2) is 29.1 Å². The number of fused-ring (bicyclic) bond motifs is 1. The molecule has 0 spiro atoms. The van der Waals surface area contributed by atoms with Crippen molar-refractivity contribution in [2.75, 3.05) is 13.2 Å². The maximum atomic E-state index is 12.9. The molecule has 2 heterocycles. The second-order valence-electron chi connectivity index (χ2n) is 8.20. The number of aliphatic hydroxyl groups is 1. The number of ether oxygens (including phenoxy) is 1. The van der Waals surface area contributed by atoms with Gasteiger partial charge >= 0.3 is 0 Å². The second-order valence-corrected chi connectivity index (χ2v) is 8.98. The van der Waals surface area contributed by atoms with E-state index in [0.717, 1.165) is 28.0 Å². The van der Waals surface area contributed by atoms with E-state index in [0.29, 0.717) is 25.3 Å². The minimum absolute atomic E-state index is 0.00472. The summed E-state index contributed by atoms with van der Waals surface area (Å²) in [4.78, 5) is 14.8. The number of aliphatic hydroxyl groups excluding tert-OH is 1. The van der Waals surface area contributed by atoms with Gasteiger partial charge in [-0.2, -0.15) is 11.3 Å². The quantitative estimate of drug-likeness (QED) is 0.423. The van der Waals surface area contributed by atoms with Crippen LogP contribution in [0.3, 0.4) is 0 Å². The van der Waals surface area contributed by atoms with E-state index < -0.39 is 6.10 Å². The normalized spacial score (nSPS) is 14.3. The summed E-state index contributed by atoms with van der Waals surface area (Å²) >= 11 is 1.52. The summed E-state index contributed by atoms with van der Waals surface area (Å²) in [6.45, 7) is 1.42. The minimum Gasteiger partial charge on any atom is -0.491 e. The molecule has 0 bridgehead atoms. The molecule has 0 aliphatic carbocycles. The van der Waals surface area contributed by atoms with Gasteiger partial charge in [-0.3, -0.25) is 4.79 Å². The molecule has 1 unspecified atom stereocenters. The zero-order chi connectivity index (χ0) is 22.6. The van der Waals surface area contributed by atoms with Gasteiger partial charge < -0.3 is 14.7 Å². The predicted molar refractivity (Wildman–Crippen MR) is 131 cm³/mol. The van der Waals surface area contributed by atoms with Crippen molar-refractivity contribution < 1.29 is 14.6 Å². The number of thiophene rings is 1. The van der Waals surface area contributed by atoms with E-state index in [9.17, 15) is 9.90 Å². The van der Waals surface area contributed by atoms with Crippen molar-refractivity contribution in [3.63, 3.8) is 0 Å². The zero-order valence-corrected chi connectivity index (χ0v) is 18.9. The number of hydrogen-bond donors (Lipinski definition) is 1. The third-order valence-electron chi connectivity index (χ3n) is 6.09. The average molecular weight is 456 g/mol. The molecule has 1 aliphatic heterocycles. The molecule has 0 radical (unpaired) electrons. The Bertz CT molecular complexity index is 1170. The van der Waals surface area contributed by atoms with Gasteiger partial charge in [-0.1, -0.05) is 66.7 Å². The molecular formula is C28H25NO3S. The third-order valence-corrected chi connectivity index (χ3v) is 6.78. The molecule has 1 aliphatic rings. The Hall–Kier alpha value is -3.41. The highest BCUT2D eigenvalue weighted by Gasteiger charge is 2.27. The van der Waals surface area contributed by atoms with Gasteiger partial charge in [0.2, 0.25) is 0 Å². The lowest BCUT2D eigenvalue weighted by Gasteiger charge is -2.25. The van der Waals surface area contributed by atoms with Crippen molar-refractivity contribution in [3.05, 3.63) is 124 Å². The van der Waals surface area contributed by atoms with E-state index in [1.807, 2.05) is 76.3 Å². The van der Waals surface area contributed by atoms with Crippen LogP contribution in [0.2, 0.25) is 0 Å². The molecule has 5 rings (SSSR count). The summed E-state index contributed by atoms with van der Waals surface area (Å²) in [7, 11) is 0. The Kier molecular flexibility index (Phi) is 6.24. The third kappa shape index (κ3) is 4.56. The molecule has 1 aromatic heterocycles. The van der Waals surface area contributed by atoms with Crippen LogP contribution in [0, 0.1) is 0 Å². The van der Waals surface area contributed by atoms with Crippen LogP contribution in [-0.2, 0) is 6.54 Å². The summed E-state index contributed by atoms with van der Waals surface area (Å²) in [6.07, 6.45) is -0.746. The molecule has 4 aromatic rings. The van der Waals surface area contributed by atoms with Gasteiger partial charge in [0.25, 0.3) is 5.91 Å². The highest BCUT2D eigenvalue weighted by atomic mass is 32.1. The molecule has 1 atom stereocenters. The number of amides is 1. The maximum Gasteiger partial charge on any atom is 0.255 e. The number of nitrogens with zero attached hydrogens (tertiary/aromatic N) is 1. The fraction of sp³-hybridized carbons (Fsp3) is 0.179. The Morgan fingerprint density at radius 2 is 1.61 bits per heavy atom. The molecule has 5 heteroatoms. The van der Waals surface area contributed by atoms with E-state index >= 15 is 0 Å². The minimum atomic E-state index is -0.746. The van der Waals surface area contributed by atoms with Crippen molar-refractivity contribution in [2.24, 2.45) is 0 Å². The first-order valence-electron chi connectivity index (χ1n) is 11.1. The molecule has 0 saturated heterocycles. The van der Waals surface area contributed by atoms with Gasteiger partial charge in [0, 0.05) is 23.4 Å². The summed E-state index contributed by atoms with van der Waals surface area (Å²) in [5.41, 5.74) is 4.52. The van der Waals surface area contributed by atoms with Crippen LogP contribution in [0.5, 0.6) is 5.75 Å². The van der Waals surface area contributed by atoms with E-state index in [1.54, 1.807) is 0 Å². The molecular weight excluding hydrogens is 430 g/mol. The predicted octanol–water partition coefficient (Wildman–Crippen LogP) is 5.65. The molecule has 3 aromatic carbocycles. The van der Waals surface area contributed by atoms with Crippen molar-refractivity contribution in [3.8, 4) is 5.75 Å². The molecule has 1 amide bonds. The number of carbonyl (C=O) groups is 1. The lowest BCUT2D eigenvalue weighted by molar-refractivity contribution is 0.0734. The number of carbonyl (C=O) groups excluding carboxylic acids is 1. The van der Waals surface area contributed by atoms with E-state index in [1.165, 1.54) is 11.3 Å². The molecule has 33 heavy (non-hydrogen) atoms. The second kappa shape index (κ2) is 9.61. The summed E-state index contributed by atoms with van der Waals surface area (Å²) < 4.78 is 5.94. The zero-order valence-electron chi connectivity index (χ0n) is 18.1. The Balaban J connectivity index is 1.48. The lowest BCUT2D eigenvalue weighted by Crippen LogP contribution is -2.32. The average Bonchev–Trinajstić information content (AvgIpc) is 3.32. The molecule has 4 nitrogen and oxygen atoms in total. The largest absolute Gasteiger partial charge is 0.491 e. The Morgan fingerprint density at radius 3 is 2.24 bits per heavy atom. The van der Waals surface area contributed by atoms with Gasteiger partial charge in [-0.15, -0.1) is 0 Å². The fourth-order valence-electron chi connectivity index (χ4n) is 4.41. The van der Waals surface area contributed by atoms with Crippen molar-refractivity contribution in [1.29, 1.82) is 0 Å². The van der Waals surface area contributed by atoms with Crippen LogP contribution in [0.25, 0.3) is 0 Å². The Labute approximate surface area is 197 Å². The summed E-state index contributed by atoms with van der Waals surface area (Å²) in [5.74, 6) is 0.563. The fourth-order valence-corrected chi connectivity index (χ4v) is 5.04. The lowest BCUT2D eigenvalue weighted by atomic mass is 9.83. The molecule has 1 N–H and O–H groups in total. The standard InChI is InChI=1S/C28H25NO3S/c30-27(26(20-7-3-1-4-8-20)21-9-5-2-6-10-21)22-11-12-25-24(17-22)18-29(14-15-32-25)28(31)23-13-16-33-19-23/h1-13,16-17,19,26-27,30H,14-15,18H2. The molecule has 0 saturated carbocycles. The van der Waals surface area contributed by atoms with Crippen molar-refractivity contribution in [2.45, 2.75) is 18.6 Å². The summed E-state index contributed by atoms with van der Waals surface area (Å²) in [5, 5.41) is 15.4. The van der Waals surface area contributed by atoms with Gasteiger partial charge in [-0.25, -0.2) is 0 Å². The van der Waals surface area contributed by atoms with Crippen LogP contribution < -0.4 is 4.74 Å². The number of rotatable bonds is 5. The molecule has 166 valence electrons. The number of benzene rings is 3. The highest BCUT2D eigenvalue weighted by Crippen LogP contribution is 2.38. The first-order chi connectivity index (χ1) is 16.2. The first-order valence-corrected chi connectivity index (χ1v) is 12.0. The smallest absolute Gasteiger partial charge is 0.255 e. The Morgan fingerprint density at radius 1 is 0.909 bits per heavy atom. The summed E-state index contributed by atoms with van der Waals surface area (Å²) in [6, 6.07) is 27.8. The van der Waals surface area contributed by atoms with Gasteiger partial charge in [-0.05, 0) is 40.3 Å². The van der Waals surface area contributed by atoms with Gasteiger partial charge in [0.1, 0.15) is 12.4 Å². The van der Waals surface area contributed by atoms with Gasteiger partial charge in [0.15, 0.2) is 0 Å². The van der Waals surface area contributed by atoms with Gasteiger partial charge in [0.05, 0.1) is 18.2 Å². The monoisotopic (exact) mass is 455 g/mol. The molecule has 0 fully saturated rings.